The van der Waals surface area contributed by atoms with Crippen LogP contribution in [0.15, 0.2) is 30.5 Å². The van der Waals surface area contributed by atoms with Crippen LogP contribution in [-0.4, -0.2) is 69.0 Å². The second-order valence-corrected chi connectivity index (χ2v) is 12.4. The fraction of sp³-hybridized carbons (Fsp3) is 0.500. The summed E-state index contributed by atoms with van der Waals surface area (Å²) in [5.41, 5.74) is 1.15. The first kappa shape index (κ1) is 22.4. The molecule has 3 aliphatic rings. The highest BCUT2D eigenvalue weighted by atomic mass is 35.5. The number of aliphatic hydroxyl groups excluding tert-OH is 1. The number of rotatable bonds is 8. The molecule has 11 heteroatoms. The van der Waals surface area contributed by atoms with Crippen molar-refractivity contribution in [3.05, 3.63) is 52.6 Å². The second-order valence-electron chi connectivity index (χ2n) is 9.18. The monoisotopic (exact) mass is 492 g/mol. The van der Waals surface area contributed by atoms with Crippen molar-refractivity contribution in [2.45, 2.75) is 48.3 Å². The van der Waals surface area contributed by atoms with E-state index in [9.17, 15) is 23.1 Å². The fourth-order valence-corrected chi connectivity index (χ4v) is 7.38. The van der Waals surface area contributed by atoms with Gasteiger partial charge in [-0.05, 0) is 43.4 Å². The normalized spacial score (nSPS) is 20.3. The van der Waals surface area contributed by atoms with Crippen molar-refractivity contribution in [2.75, 3.05) is 19.7 Å². The zero-order valence-corrected chi connectivity index (χ0v) is 19.5. The van der Waals surface area contributed by atoms with E-state index in [1.54, 1.807) is 21.6 Å². The van der Waals surface area contributed by atoms with Gasteiger partial charge >= 0.3 is 0 Å². The number of imidazole rings is 1. The van der Waals surface area contributed by atoms with Crippen molar-refractivity contribution in [1.29, 1.82) is 0 Å². The van der Waals surface area contributed by atoms with Crippen LogP contribution in [0.5, 0.6) is 0 Å². The minimum atomic E-state index is -3.55. The molecule has 33 heavy (non-hydrogen) atoms. The van der Waals surface area contributed by atoms with Gasteiger partial charge in [-0.25, -0.2) is 13.4 Å². The molecular weight excluding hydrogens is 468 g/mol. The SMILES string of the molecule is O=C(NCc1ccc(Cl)cc1)c1ncc2n1CCN(CC1(S(=O)(=O)C3(CO)CC3)CC1)C2=O. The number of hydrogen-bond donors (Lipinski definition) is 2. The van der Waals surface area contributed by atoms with Crippen LogP contribution in [-0.2, 0) is 22.9 Å². The zero-order chi connectivity index (χ0) is 23.4. The van der Waals surface area contributed by atoms with Crippen molar-refractivity contribution in [3.8, 4) is 0 Å². The molecule has 2 aromatic rings. The average Bonchev–Trinajstić information content (AvgIpc) is 3.72. The Kier molecular flexibility index (Phi) is 5.30. The van der Waals surface area contributed by atoms with Gasteiger partial charge in [0.2, 0.25) is 0 Å². The Hall–Kier alpha value is -2.43. The first-order valence-electron chi connectivity index (χ1n) is 10.9. The molecule has 2 amide bonds. The summed E-state index contributed by atoms with van der Waals surface area (Å²) in [6.07, 6.45) is 3.32. The molecule has 0 saturated heterocycles. The summed E-state index contributed by atoms with van der Waals surface area (Å²) in [7, 11) is -3.55. The minimum Gasteiger partial charge on any atom is -0.395 e. The number of hydrogen-bond acceptors (Lipinski definition) is 6. The highest BCUT2D eigenvalue weighted by Gasteiger charge is 2.67. The van der Waals surface area contributed by atoms with E-state index in [1.807, 2.05) is 12.1 Å². The molecular formula is C22H25ClN4O5S. The number of aliphatic hydroxyl groups is 1. The summed E-state index contributed by atoms with van der Waals surface area (Å²) < 4.78 is 25.9. The lowest BCUT2D eigenvalue weighted by atomic mass is 10.2. The molecule has 0 atom stereocenters. The second kappa shape index (κ2) is 7.82. The molecule has 2 N–H and O–H groups in total. The minimum absolute atomic E-state index is 0.110. The maximum absolute atomic E-state index is 13.2. The Morgan fingerprint density at radius 3 is 2.39 bits per heavy atom. The summed E-state index contributed by atoms with van der Waals surface area (Å²) in [5.74, 6) is -0.573. The number of aromatic nitrogens is 2. The van der Waals surface area contributed by atoms with Crippen molar-refractivity contribution in [3.63, 3.8) is 0 Å². The number of nitrogens with one attached hydrogen (secondary N) is 1. The van der Waals surface area contributed by atoms with Gasteiger partial charge in [-0.1, -0.05) is 23.7 Å². The van der Waals surface area contributed by atoms with Gasteiger partial charge in [0.05, 0.1) is 22.3 Å². The summed E-state index contributed by atoms with van der Waals surface area (Å²) in [5, 5.41) is 13.1. The van der Waals surface area contributed by atoms with Crippen LogP contribution in [0.1, 0.15) is 52.4 Å². The van der Waals surface area contributed by atoms with Gasteiger partial charge < -0.3 is 19.9 Å². The van der Waals surface area contributed by atoms with E-state index in [1.165, 1.54) is 6.20 Å². The van der Waals surface area contributed by atoms with Crippen LogP contribution in [0.2, 0.25) is 5.02 Å². The molecule has 0 radical (unpaired) electrons. The van der Waals surface area contributed by atoms with Crippen LogP contribution in [0.3, 0.4) is 0 Å². The van der Waals surface area contributed by atoms with E-state index in [0.29, 0.717) is 50.3 Å². The lowest BCUT2D eigenvalue weighted by Crippen LogP contribution is -2.50. The molecule has 2 fully saturated rings. The van der Waals surface area contributed by atoms with Crippen LogP contribution >= 0.6 is 11.6 Å². The van der Waals surface area contributed by atoms with Crippen molar-refractivity contribution in [2.24, 2.45) is 0 Å². The summed E-state index contributed by atoms with van der Waals surface area (Å²) >= 11 is 5.88. The highest BCUT2D eigenvalue weighted by molar-refractivity contribution is 7.94. The quantitative estimate of drug-likeness (QED) is 0.574. The molecule has 2 saturated carbocycles. The van der Waals surface area contributed by atoms with Crippen LogP contribution in [0.25, 0.3) is 0 Å². The van der Waals surface area contributed by atoms with Gasteiger partial charge in [0.15, 0.2) is 15.7 Å². The number of amides is 2. The number of fused-ring (bicyclic) bond motifs is 1. The third kappa shape index (κ3) is 3.64. The van der Waals surface area contributed by atoms with Gasteiger partial charge in [0.25, 0.3) is 11.8 Å². The molecule has 0 unspecified atom stereocenters. The van der Waals surface area contributed by atoms with Gasteiger partial charge in [-0.3, -0.25) is 9.59 Å². The number of carbonyl (C=O) groups is 2. The first-order valence-corrected chi connectivity index (χ1v) is 12.8. The maximum Gasteiger partial charge on any atom is 0.287 e. The molecule has 0 spiro atoms. The topological polar surface area (TPSA) is 122 Å². The predicted molar refractivity (Wildman–Crippen MR) is 121 cm³/mol. The van der Waals surface area contributed by atoms with Gasteiger partial charge in [-0.15, -0.1) is 0 Å². The molecule has 0 bridgehead atoms. The maximum atomic E-state index is 13.2. The van der Waals surface area contributed by atoms with Crippen molar-refractivity contribution < 1.29 is 23.1 Å². The third-order valence-corrected chi connectivity index (χ3v) is 10.7. The number of halogens is 1. The van der Waals surface area contributed by atoms with E-state index in [0.717, 1.165) is 5.56 Å². The van der Waals surface area contributed by atoms with Crippen LogP contribution < -0.4 is 5.32 Å². The van der Waals surface area contributed by atoms with Gasteiger partial charge in [-0.2, -0.15) is 0 Å². The first-order chi connectivity index (χ1) is 15.7. The van der Waals surface area contributed by atoms with Crippen LogP contribution in [0, 0.1) is 0 Å². The molecule has 2 aliphatic carbocycles. The largest absolute Gasteiger partial charge is 0.395 e. The average molecular weight is 493 g/mol. The standard InChI is InChI=1S/C22H25ClN4O5S/c23-16-3-1-15(2-4-16)11-25-19(29)18-24-12-17-20(30)26(9-10-27(17)18)13-21(5-6-21)33(31,32)22(14-28)7-8-22/h1-4,12,28H,5-11,13-14H2,(H,25,29). The van der Waals surface area contributed by atoms with Crippen molar-refractivity contribution >= 4 is 33.3 Å². The lowest BCUT2D eigenvalue weighted by Gasteiger charge is -2.33. The van der Waals surface area contributed by atoms with Crippen LogP contribution in [0.4, 0.5) is 0 Å². The molecule has 176 valence electrons. The van der Waals surface area contributed by atoms with E-state index < -0.39 is 25.2 Å². The number of carbonyl (C=O) groups excluding carboxylic acids is 2. The smallest absolute Gasteiger partial charge is 0.287 e. The Labute approximate surface area is 196 Å². The lowest BCUT2D eigenvalue weighted by molar-refractivity contribution is 0.0698. The number of sulfone groups is 1. The molecule has 2 heterocycles. The number of benzene rings is 1. The molecule has 1 aromatic heterocycles. The highest BCUT2D eigenvalue weighted by Crippen LogP contribution is 2.56. The fourth-order valence-electron chi connectivity index (χ4n) is 4.56. The summed E-state index contributed by atoms with van der Waals surface area (Å²) in [6.45, 7) is 0.686. The third-order valence-electron chi connectivity index (χ3n) is 7.05. The zero-order valence-electron chi connectivity index (χ0n) is 18.0. The van der Waals surface area contributed by atoms with Gasteiger partial charge in [0.1, 0.15) is 5.69 Å². The van der Waals surface area contributed by atoms with Crippen molar-refractivity contribution in [1.82, 2.24) is 19.8 Å². The van der Waals surface area contributed by atoms with Gasteiger partial charge in [0, 0.05) is 31.2 Å². The Morgan fingerprint density at radius 2 is 1.79 bits per heavy atom. The molecule has 5 rings (SSSR count). The Bertz CT molecular complexity index is 1220. The Morgan fingerprint density at radius 1 is 1.12 bits per heavy atom. The molecule has 1 aromatic carbocycles. The van der Waals surface area contributed by atoms with E-state index in [2.05, 4.69) is 10.3 Å². The van der Waals surface area contributed by atoms with E-state index >= 15 is 0 Å². The molecule has 1 aliphatic heterocycles. The van der Waals surface area contributed by atoms with E-state index in [-0.39, 0.29) is 30.6 Å². The molecule has 9 nitrogen and oxygen atoms in total. The Balaban J connectivity index is 1.28. The van der Waals surface area contributed by atoms with E-state index in [4.69, 9.17) is 11.6 Å². The summed E-state index contributed by atoms with van der Waals surface area (Å²) in [6, 6.07) is 7.11. The predicted octanol–water partition coefficient (Wildman–Crippen LogP) is 1.39. The summed E-state index contributed by atoms with van der Waals surface area (Å²) in [4.78, 5) is 31.5. The number of nitrogens with zero attached hydrogens (tertiary/aromatic N) is 3.